The first-order valence-electron chi connectivity index (χ1n) is 22.0. The Morgan fingerprint density at radius 1 is 0.774 bits per heavy atom. The predicted octanol–water partition coefficient (Wildman–Crippen LogP) is 14.5. The van der Waals surface area contributed by atoms with Gasteiger partial charge >= 0.3 is 0 Å². The Balaban J connectivity index is 0.000000615. The molecule has 0 spiro atoms. The van der Waals surface area contributed by atoms with Crippen LogP contribution in [-0.2, 0) is 20.6 Å². The van der Waals surface area contributed by atoms with Crippen LogP contribution in [0.1, 0.15) is 173 Å². The van der Waals surface area contributed by atoms with Crippen molar-refractivity contribution in [3.05, 3.63) is 24.2 Å². The van der Waals surface area contributed by atoms with Crippen molar-refractivity contribution in [2.24, 2.45) is 64.1 Å². The van der Waals surface area contributed by atoms with Gasteiger partial charge in [0.1, 0.15) is 5.76 Å². The number of hydrogen-bond donors (Lipinski definition) is 0. The van der Waals surface area contributed by atoms with Crippen molar-refractivity contribution in [3.8, 4) is 0 Å². The van der Waals surface area contributed by atoms with E-state index in [0.717, 1.165) is 92.7 Å². The first-order chi connectivity index (χ1) is 24.8. The van der Waals surface area contributed by atoms with E-state index >= 15 is 0 Å². The highest BCUT2D eigenvalue weighted by Crippen LogP contribution is 2.50. The predicted molar refractivity (Wildman–Crippen MR) is 228 cm³/mol. The minimum absolute atomic E-state index is 0.0921. The Morgan fingerprint density at radius 2 is 1.42 bits per heavy atom. The van der Waals surface area contributed by atoms with Gasteiger partial charge in [-0.1, -0.05) is 110 Å². The van der Waals surface area contributed by atoms with E-state index in [2.05, 4.69) is 96.9 Å². The van der Waals surface area contributed by atoms with E-state index < -0.39 is 0 Å². The Bertz CT molecular complexity index is 943. The molecule has 3 unspecified atom stereocenters. The van der Waals surface area contributed by atoms with Crippen molar-refractivity contribution in [2.75, 3.05) is 40.7 Å². The average molecular weight is 753 g/mol. The zero-order valence-corrected chi connectivity index (χ0v) is 38.3. The van der Waals surface area contributed by atoms with Gasteiger partial charge < -0.3 is 18.6 Å². The summed E-state index contributed by atoms with van der Waals surface area (Å²) in [5, 5.41) is 0. The van der Waals surface area contributed by atoms with Gasteiger partial charge in [-0.3, -0.25) is 4.39 Å². The van der Waals surface area contributed by atoms with Crippen LogP contribution in [0.4, 0.5) is 4.39 Å². The van der Waals surface area contributed by atoms with Crippen molar-refractivity contribution in [1.82, 2.24) is 0 Å². The largest absolute Gasteiger partial charge is 0.469 e. The molecule has 4 aliphatic rings. The average Bonchev–Trinajstić information content (AvgIpc) is 3.39. The highest BCUT2D eigenvalue weighted by atomic mass is 19.1. The highest BCUT2D eigenvalue weighted by molar-refractivity contribution is 4.98. The lowest BCUT2D eigenvalue weighted by Gasteiger charge is -2.30. The van der Waals surface area contributed by atoms with E-state index in [1.165, 1.54) is 51.4 Å². The van der Waals surface area contributed by atoms with Gasteiger partial charge in [-0.25, -0.2) is 0 Å². The molecule has 0 amide bonds. The molecule has 0 radical (unpaired) electrons. The molecule has 0 N–H and O–H groups in total. The van der Waals surface area contributed by atoms with Crippen LogP contribution in [0.3, 0.4) is 0 Å². The number of hydrogen-bond acceptors (Lipinski definition) is 4. The third-order valence-corrected chi connectivity index (χ3v) is 11.5. The second-order valence-corrected chi connectivity index (χ2v) is 20.0. The maximum Gasteiger partial charge on any atom is 0.104 e. The van der Waals surface area contributed by atoms with Crippen LogP contribution < -0.4 is 0 Å². The van der Waals surface area contributed by atoms with Crippen molar-refractivity contribution in [1.29, 1.82) is 0 Å². The molecule has 5 heteroatoms. The molecular weight excluding hydrogens is 660 g/mol. The van der Waals surface area contributed by atoms with E-state index in [0.29, 0.717) is 23.4 Å². The van der Waals surface area contributed by atoms with Crippen LogP contribution >= 0.6 is 0 Å². The molecule has 316 valence electrons. The summed E-state index contributed by atoms with van der Waals surface area (Å²) >= 11 is 0. The van der Waals surface area contributed by atoms with E-state index in [1.54, 1.807) is 13.4 Å². The van der Waals surface area contributed by atoms with Crippen molar-refractivity contribution >= 4 is 0 Å². The molecule has 0 bridgehead atoms. The number of furan rings is 1. The Morgan fingerprint density at radius 3 is 1.66 bits per heavy atom. The number of ether oxygens (including phenoxy) is 3. The number of alkyl halides is 1. The summed E-state index contributed by atoms with van der Waals surface area (Å²) in [5.74, 6) is 8.45. The fourth-order valence-electron chi connectivity index (χ4n) is 8.31. The van der Waals surface area contributed by atoms with Crippen LogP contribution in [0.5, 0.6) is 0 Å². The third-order valence-electron chi connectivity index (χ3n) is 11.5. The first kappa shape index (κ1) is 52.1. The number of halogens is 1. The third kappa shape index (κ3) is 25.1. The standard InChI is InChI=1S/C10H20.C9H18O.C8H15F.C8H12O.C7H14O.C6H14O/c1-8(2)9-6-5-7-10(9,3)4;1-7(2)8-5-4-6-9(8)10-3;1-7(2)5-8(6-9)3-4-8;1-7(2)6-8-4-3-5-9-8;1-6(2)3-7-4-8-5-7;1-6(2)4-5-7-3/h8-9H,5-7H2,1-4H3;7-9H,4-6H2,1-3H3;7H,3-6H2,1-2H3;3-5,7H,6H2,1-2H3;6-7H,3-5H2,1-2H3;6H,4-5H2,1-3H3. The minimum Gasteiger partial charge on any atom is -0.469 e. The maximum absolute atomic E-state index is 12.2. The summed E-state index contributed by atoms with van der Waals surface area (Å²) < 4.78 is 32.6. The molecule has 4 nitrogen and oxygen atoms in total. The fraction of sp³-hybridized carbons (Fsp3) is 0.917. The number of rotatable bonds is 13. The molecule has 1 aliphatic heterocycles. The fourth-order valence-corrected chi connectivity index (χ4v) is 8.31. The van der Waals surface area contributed by atoms with E-state index in [1.807, 2.05) is 19.2 Å². The van der Waals surface area contributed by atoms with Gasteiger partial charge in [0.2, 0.25) is 0 Å². The topological polar surface area (TPSA) is 40.8 Å². The zero-order valence-electron chi connectivity index (χ0n) is 38.3. The minimum atomic E-state index is -0.0921. The smallest absolute Gasteiger partial charge is 0.104 e. The van der Waals surface area contributed by atoms with Gasteiger partial charge in [-0.05, 0) is 128 Å². The molecule has 1 saturated heterocycles. The monoisotopic (exact) mass is 753 g/mol. The zero-order chi connectivity index (χ0) is 40.6. The first-order valence-corrected chi connectivity index (χ1v) is 22.0. The van der Waals surface area contributed by atoms with Crippen LogP contribution in [0.2, 0.25) is 0 Å². The van der Waals surface area contributed by atoms with E-state index in [9.17, 15) is 4.39 Å². The number of methoxy groups -OCH3 is 2. The van der Waals surface area contributed by atoms with Gasteiger partial charge in [0.25, 0.3) is 0 Å². The highest BCUT2D eigenvalue weighted by Gasteiger charge is 2.42. The summed E-state index contributed by atoms with van der Waals surface area (Å²) in [6, 6.07) is 3.94. The molecule has 4 fully saturated rings. The van der Waals surface area contributed by atoms with Gasteiger partial charge in [0.15, 0.2) is 0 Å². The summed E-state index contributed by atoms with van der Waals surface area (Å²) in [4.78, 5) is 0. The van der Waals surface area contributed by atoms with Gasteiger partial charge in [-0.2, -0.15) is 0 Å². The molecule has 1 aromatic rings. The molecule has 53 heavy (non-hydrogen) atoms. The van der Waals surface area contributed by atoms with Crippen molar-refractivity contribution in [2.45, 2.75) is 180 Å². The lowest BCUT2D eigenvalue weighted by atomic mass is 9.76. The molecule has 3 aliphatic carbocycles. The van der Waals surface area contributed by atoms with Gasteiger partial charge in [0.05, 0.1) is 32.3 Å². The summed E-state index contributed by atoms with van der Waals surface area (Å²) in [6.45, 7) is 34.6. The summed E-state index contributed by atoms with van der Waals surface area (Å²) in [5.41, 5.74) is 0.780. The van der Waals surface area contributed by atoms with E-state index in [-0.39, 0.29) is 12.1 Å². The second kappa shape index (κ2) is 28.5. The maximum atomic E-state index is 12.2. The Hall–Kier alpha value is -0.910. The van der Waals surface area contributed by atoms with Crippen LogP contribution in [0, 0.1) is 64.1 Å². The van der Waals surface area contributed by atoms with E-state index in [4.69, 9.17) is 18.6 Å². The lowest BCUT2D eigenvalue weighted by Crippen LogP contribution is -2.28. The molecule has 1 aromatic heterocycles. The van der Waals surface area contributed by atoms with Gasteiger partial charge in [0, 0.05) is 33.2 Å². The van der Waals surface area contributed by atoms with Gasteiger partial charge in [-0.15, -0.1) is 0 Å². The van der Waals surface area contributed by atoms with Crippen LogP contribution in [-0.4, -0.2) is 46.8 Å². The second-order valence-electron chi connectivity index (χ2n) is 20.0. The molecule has 5 rings (SSSR count). The van der Waals surface area contributed by atoms with Crippen LogP contribution in [0.15, 0.2) is 22.8 Å². The summed E-state index contributed by atoms with van der Waals surface area (Å²) in [6.07, 6.45) is 17.6. The molecule has 3 atom stereocenters. The van der Waals surface area contributed by atoms with Crippen LogP contribution in [0.25, 0.3) is 0 Å². The molecule has 2 heterocycles. The Kier molecular flexibility index (Phi) is 28.0. The molecule has 3 saturated carbocycles. The quantitative estimate of drug-likeness (QED) is 0.201. The Labute approximate surface area is 331 Å². The van der Waals surface area contributed by atoms with Crippen molar-refractivity contribution < 1.29 is 23.0 Å². The van der Waals surface area contributed by atoms with Crippen molar-refractivity contribution in [3.63, 3.8) is 0 Å². The summed E-state index contributed by atoms with van der Waals surface area (Å²) in [7, 11) is 3.58. The normalized spacial score (nSPS) is 22.5. The lowest BCUT2D eigenvalue weighted by molar-refractivity contribution is -0.0406. The molecular formula is C48H93FO4. The SMILES string of the molecule is CC(C)C1CCCC1(C)C.CC(C)CC1(CF)CC1.CC(C)CC1COC1.CC(C)Cc1ccco1.COC1CCCC1C(C)C.COCCC(C)C. The molecule has 0 aromatic carbocycles.